The van der Waals surface area contributed by atoms with Gasteiger partial charge in [-0.25, -0.2) is 9.82 Å². The van der Waals surface area contributed by atoms with E-state index in [-0.39, 0.29) is 12.4 Å². The van der Waals surface area contributed by atoms with Crippen molar-refractivity contribution in [1.29, 1.82) is 0 Å². The number of nitrogens with zero attached hydrogens (tertiary/aromatic N) is 1. The van der Waals surface area contributed by atoms with Gasteiger partial charge in [-0.1, -0.05) is 18.2 Å². The summed E-state index contributed by atoms with van der Waals surface area (Å²) >= 11 is 0. The lowest BCUT2D eigenvalue weighted by molar-refractivity contribution is -0.136. The Bertz CT molecular complexity index is 1170. The van der Waals surface area contributed by atoms with Crippen LogP contribution in [0.15, 0.2) is 71.8 Å². The largest absolute Gasteiger partial charge is 0.497 e. The Morgan fingerprint density at radius 2 is 1.74 bits per heavy atom. The summed E-state index contributed by atoms with van der Waals surface area (Å²) in [5.41, 5.74) is 3.63. The number of amides is 2. The van der Waals surface area contributed by atoms with E-state index >= 15 is 0 Å². The van der Waals surface area contributed by atoms with Crippen molar-refractivity contribution in [3.05, 3.63) is 83.7 Å². The second-order valence-electron chi connectivity index (χ2n) is 6.90. The Hall–Kier alpha value is -4.40. The van der Waals surface area contributed by atoms with Gasteiger partial charge in [0.15, 0.2) is 11.5 Å². The SMILES string of the molecule is CCOc1cc(/C=N/NC(=O)C(=O)Nc2ccc(OC)cc2)ccc1OCc1ccccc1F. The summed E-state index contributed by atoms with van der Waals surface area (Å²) in [6.45, 7) is 2.25. The molecule has 0 saturated heterocycles. The molecule has 0 saturated carbocycles. The van der Waals surface area contributed by atoms with E-state index in [4.69, 9.17) is 14.2 Å². The van der Waals surface area contributed by atoms with Gasteiger partial charge in [-0.15, -0.1) is 0 Å². The van der Waals surface area contributed by atoms with Crippen LogP contribution in [0, 0.1) is 5.82 Å². The summed E-state index contributed by atoms with van der Waals surface area (Å²) in [5, 5.41) is 6.28. The molecule has 9 heteroatoms. The normalized spacial score (nSPS) is 10.6. The molecule has 3 aromatic carbocycles. The number of carbonyl (C=O) groups is 2. The molecule has 0 radical (unpaired) electrons. The number of hydrogen-bond donors (Lipinski definition) is 2. The molecule has 176 valence electrons. The van der Waals surface area contributed by atoms with E-state index in [0.717, 1.165) is 0 Å². The maximum atomic E-state index is 13.8. The van der Waals surface area contributed by atoms with Crippen molar-refractivity contribution < 1.29 is 28.2 Å². The molecule has 0 unspecified atom stereocenters. The van der Waals surface area contributed by atoms with Crippen LogP contribution >= 0.6 is 0 Å². The van der Waals surface area contributed by atoms with Crippen LogP contribution in [0.2, 0.25) is 0 Å². The third kappa shape index (κ3) is 6.80. The zero-order chi connectivity index (χ0) is 24.3. The van der Waals surface area contributed by atoms with Crippen LogP contribution in [0.25, 0.3) is 0 Å². The van der Waals surface area contributed by atoms with Crippen molar-refractivity contribution in [2.24, 2.45) is 5.10 Å². The first-order valence-corrected chi connectivity index (χ1v) is 10.4. The number of hydrogen-bond acceptors (Lipinski definition) is 6. The fourth-order valence-corrected chi connectivity index (χ4v) is 2.84. The molecule has 3 aromatic rings. The predicted octanol–water partition coefficient (Wildman–Crippen LogP) is 3.90. The van der Waals surface area contributed by atoms with Gasteiger partial charge < -0.3 is 19.5 Å². The van der Waals surface area contributed by atoms with Crippen LogP contribution < -0.4 is 25.0 Å². The molecule has 2 amide bonds. The van der Waals surface area contributed by atoms with Crippen LogP contribution in [0.5, 0.6) is 17.2 Å². The number of nitrogens with one attached hydrogen (secondary N) is 2. The molecular formula is C25H24FN3O5. The maximum Gasteiger partial charge on any atom is 0.329 e. The van der Waals surface area contributed by atoms with Gasteiger partial charge in [0.25, 0.3) is 0 Å². The van der Waals surface area contributed by atoms with Gasteiger partial charge in [0.05, 0.1) is 19.9 Å². The highest BCUT2D eigenvalue weighted by Crippen LogP contribution is 2.29. The Kier molecular flexibility index (Phi) is 8.56. The minimum Gasteiger partial charge on any atom is -0.497 e. The molecule has 34 heavy (non-hydrogen) atoms. The van der Waals surface area contributed by atoms with Gasteiger partial charge in [-0.05, 0) is 61.0 Å². The molecular weight excluding hydrogens is 441 g/mol. The Morgan fingerprint density at radius 3 is 2.44 bits per heavy atom. The smallest absolute Gasteiger partial charge is 0.329 e. The monoisotopic (exact) mass is 465 g/mol. The Labute approximate surface area is 196 Å². The average Bonchev–Trinajstić information content (AvgIpc) is 2.85. The average molecular weight is 465 g/mol. The quantitative estimate of drug-likeness (QED) is 0.284. The van der Waals surface area contributed by atoms with Gasteiger partial charge >= 0.3 is 11.8 Å². The maximum absolute atomic E-state index is 13.8. The van der Waals surface area contributed by atoms with Gasteiger partial charge in [-0.3, -0.25) is 9.59 Å². The first-order chi connectivity index (χ1) is 16.5. The van der Waals surface area contributed by atoms with Gasteiger partial charge in [0.2, 0.25) is 0 Å². The van der Waals surface area contributed by atoms with E-state index in [1.54, 1.807) is 60.7 Å². The minimum atomic E-state index is -0.929. The standard InChI is InChI=1S/C25H24FN3O5/c1-3-33-23-14-17(8-13-22(23)34-16-18-6-4-5-7-21(18)26)15-27-29-25(31)24(30)28-19-9-11-20(32-2)12-10-19/h4-15H,3,16H2,1-2H3,(H,28,30)(H,29,31)/b27-15+. The Balaban J connectivity index is 1.58. The lowest BCUT2D eigenvalue weighted by Crippen LogP contribution is -2.32. The molecule has 0 atom stereocenters. The van der Waals surface area contributed by atoms with Crippen LogP contribution in [-0.4, -0.2) is 31.7 Å². The number of rotatable bonds is 9. The number of carbonyl (C=O) groups excluding carboxylic acids is 2. The lowest BCUT2D eigenvalue weighted by Gasteiger charge is -2.13. The molecule has 8 nitrogen and oxygen atoms in total. The summed E-state index contributed by atoms with van der Waals surface area (Å²) in [7, 11) is 1.53. The first kappa shape index (κ1) is 24.2. The van der Waals surface area contributed by atoms with Gasteiger partial charge in [0.1, 0.15) is 18.2 Å². The summed E-state index contributed by atoms with van der Waals surface area (Å²) in [6, 6.07) is 17.9. The molecule has 0 bridgehead atoms. The highest BCUT2D eigenvalue weighted by Gasteiger charge is 2.13. The second kappa shape index (κ2) is 12.0. The van der Waals surface area contributed by atoms with E-state index in [1.807, 2.05) is 6.92 Å². The third-order valence-corrected chi connectivity index (χ3v) is 4.54. The minimum absolute atomic E-state index is 0.0412. The molecule has 0 aliphatic carbocycles. The number of anilines is 1. The van der Waals surface area contributed by atoms with Crippen LogP contribution in [-0.2, 0) is 16.2 Å². The van der Waals surface area contributed by atoms with Crippen molar-refractivity contribution in [3.63, 3.8) is 0 Å². The van der Waals surface area contributed by atoms with Crippen molar-refractivity contribution in [2.75, 3.05) is 19.0 Å². The highest BCUT2D eigenvalue weighted by atomic mass is 19.1. The molecule has 3 rings (SSSR count). The second-order valence-corrected chi connectivity index (χ2v) is 6.90. The van der Waals surface area contributed by atoms with Gasteiger partial charge in [-0.2, -0.15) is 5.10 Å². The number of methoxy groups -OCH3 is 1. The number of halogens is 1. The first-order valence-electron chi connectivity index (χ1n) is 10.4. The van der Waals surface area contributed by atoms with E-state index in [0.29, 0.717) is 40.7 Å². The zero-order valence-electron chi connectivity index (χ0n) is 18.7. The van der Waals surface area contributed by atoms with Crippen molar-refractivity contribution in [2.45, 2.75) is 13.5 Å². The summed E-state index contributed by atoms with van der Waals surface area (Å²) < 4.78 is 30.2. The zero-order valence-corrected chi connectivity index (χ0v) is 18.7. The number of benzene rings is 3. The van der Waals surface area contributed by atoms with Crippen LogP contribution in [0.3, 0.4) is 0 Å². The number of hydrazone groups is 1. The lowest BCUT2D eigenvalue weighted by atomic mass is 10.2. The van der Waals surface area contributed by atoms with E-state index < -0.39 is 11.8 Å². The molecule has 0 fully saturated rings. The third-order valence-electron chi connectivity index (χ3n) is 4.54. The fourth-order valence-electron chi connectivity index (χ4n) is 2.84. The summed E-state index contributed by atoms with van der Waals surface area (Å²) in [5.74, 6) is -0.647. The van der Waals surface area contributed by atoms with E-state index in [1.165, 1.54) is 19.4 Å². The van der Waals surface area contributed by atoms with E-state index in [9.17, 15) is 14.0 Å². The van der Waals surface area contributed by atoms with Crippen molar-refractivity contribution in [3.8, 4) is 17.2 Å². The number of ether oxygens (including phenoxy) is 3. The molecule has 0 aliphatic rings. The van der Waals surface area contributed by atoms with E-state index in [2.05, 4.69) is 15.8 Å². The molecule has 0 heterocycles. The molecule has 0 aliphatic heterocycles. The van der Waals surface area contributed by atoms with Crippen LogP contribution in [0.4, 0.5) is 10.1 Å². The molecule has 2 N–H and O–H groups in total. The highest BCUT2D eigenvalue weighted by molar-refractivity contribution is 6.39. The fraction of sp³-hybridized carbons (Fsp3) is 0.160. The summed E-state index contributed by atoms with van der Waals surface area (Å²) in [6.07, 6.45) is 1.36. The molecule has 0 aromatic heterocycles. The van der Waals surface area contributed by atoms with Crippen molar-refractivity contribution >= 4 is 23.7 Å². The Morgan fingerprint density at radius 1 is 0.971 bits per heavy atom. The van der Waals surface area contributed by atoms with Crippen molar-refractivity contribution in [1.82, 2.24) is 5.43 Å². The summed E-state index contributed by atoms with van der Waals surface area (Å²) in [4.78, 5) is 24.0. The molecule has 0 spiro atoms. The predicted molar refractivity (Wildman–Crippen MR) is 126 cm³/mol. The topological polar surface area (TPSA) is 98.2 Å². The van der Waals surface area contributed by atoms with Gasteiger partial charge in [0, 0.05) is 11.3 Å². The van der Waals surface area contributed by atoms with Crippen LogP contribution in [0.1, 0.15) is 18.1 Å².